The molecule has 9 heteroatoms. The minimum absolute atomic E-state index is 0.0431. The zero-order valence-corrected chi connectivity index (χ0v) is 23.3. The van der Waals surface area contributed by atoms with Crippen molar-refractivity contribution in [2.45, 2.75) is 70.0 Å². The molecule has 1 aromatic carbocycles. The van der Waals surface area contributed by atoms with Crippen LogP contribution in [0.4, 0.5) is 0 Å². The van der Waals surface area contributed by atoms with Crippen LogP contribution in [0.15, 0.2) is 41.8 Å². The maximum Gasteiger partial charge on any atom is 0.290 e. The molecule has 8 nitrogen and oxygen atoms in total. The Bertz CT molecular complexity index is 1040. The van der Waals surface area contributed by atoms with Gasteiger partial charge in [0, 0.05) is 43.0 Å². The minimum atomic E-state index is -0.250. The van der Waals surface area contributed by atoms with Crippen LogP contribution in [0.1, 0.15) is 67.4 Å². The molecule has 0 bridgehead atoms. The normalized spacial score (nSPS) is 19.4. The van der Waals surface area contributed by atoms with Gasteiger partial charge in [0.1, 0.15) is 0 Å². The Hall–Kier alpha value is -2.78. The number of carboxylic acid groups (broad SMARTS) is 1. The summed E-state index contributed by atoms with van der Waals surface area (Å²) in [6.45, 7) is 7.00. The lowest BCUT2D eigenvalue weighted by atomic mass is 9.84. The lowest BCUT2D eigenvalue weighted by Gasteiger charge is -2.30. The average molecular weight is 541 g/mol. The van der Waals surface area contributed by atoms with E-state index in [9.17, 15) is 9.59 Å². The molecule has 2 aromatic rings. The largest absolute Gasteiger partial charge is 0.483 e. The molecule has 0 unspecified atom stereocenters. The number of carbonyl (C=O) groups excluding carboxylic acids is 2. The first-order valence-electron chi connectivity index (χ1n) is 13.5. The molecule has 1 amide bonds. The van der Waals surface area contributed by atoms with Crippen molar-refractivity contribution in [2.24, 2.45) is 11.8 Å². The average Bonchev–Trinajstić information content (AvgIpc) is 3.14. The van der Waals surface area contributed by atoms with Gasteiger partial charge in [0.25, 0.3) is 6.47 Å². The fourth-order valence-electron chi connectivity index (χ4n) is 5.20. The second-order valence-electron chi connectivity index (χ2n) is 10.3. The number of carbonyl (C=O) groups is 3. The van der Waals surface area contributed by atoms with Crippen LogP contribution in [0.5, 0.6) is 0 Å². The van der Waals surface area contributed by atoms with Crippen LogP contribution >= 0.6 is 11.8 Å². The van der Waals surface area contributed by atoms with Gasteiger partial charge >= 0.3 is 0 Å². The Morgan fingerprint density at radius 1 is 1.11 bits per heavy atom. The van der Waals surface area contributed by atoms with Crippen LogP contribution in [0, 0.1) is 11.8 Å². The minimum Gasteiger partial charge on any atom is -0.483 e. The summed E-state index contributed by atoms with van der Waals surface area (Å²) in [5.74, 6) is 1.48. The van der Waals surface area contributed by atoms with Gasteiger partial charge in [-0.25, -0.2) is 9.97 Å². The first kappa shape index (κ1) is 29.8. The molecular formula is C29H40N4O4S. The summed E-state index contributed by atoms with van der Waals surface area (Å²) in [6.07, 6.45) is 11.2. The zero-order valence-electron chi connectivity index (χ0n) is 22.5. The predicted molar refractivity (Wildman–Crippen MR) is 149 cm³/mol. The number of rotatable bonds is 9. The topological polar surface area (TPSA) is 112 Å². The number of aromatic nitrogens is 2. The molecule has 1 saturated carbocycles. The molecule has 0 radical (unpaired) electrons. The molecule has 1 aliphatic carbocycles. The number of nitrogens with zero attached hydrogens (tertiary/aromatic N) is 3. The molecule has 0 spiro atoms. The van der Waals surface area contributed by atoms with Gasteiger partial charge in [-0.15, -0.1) is 0 Å². The molecule has 38 heavy (non-hydrogen) atoms. The Morgan fingerprint density at radius 3 is 2.42 bits per heavy atom. The monoisotopic (exact) mass is 540 g/mol. The van der Waals surface area contributed by atoms with Gasteiger partial charge in [-0.1, -0.05) is 37.7 Å². The molecule has 0 atom stereocenters. The first-order chi connectivity index (χ1) is 18.4. The number of nitrogens with one attached hydrogen (secondary N) is 1. The summed E-state index contributed by atoms with van der Waals surface area (Å²) in [5.41, 5.74) is 3.62. The Balaban J connectivity index is 0.00000127. The highest BCUT2D eigenvalue weighted by molar-refractivity contribution is 7.99. The lowest BCUT2D eigenvalue weighted by molar-refractivity contribution is -0.123. The summed E-state index contributed by atoms with van der Waals surface area (Å²) in [6, 6.07) is 8.41. The van der Waals surface area contributed by atoms with Crippen molar-refractivity contribution < 1.29 is 19.5 Å². The van der Waals surface area contributed by atoms with E-state index >= 15 is 0 Å². The van der Waals surface area contributed by atoms with Gasteiger partial charge in [-0.2, -0.15) is 0 Å². The number of hydrogen-bond donors (Lipinski definition) is 2. The number of benzene rings is 1. The third kappa shape index (κ3) is 9.51. The fourth-order valence-corrected chi connectivity index (χ4v) is 5.82. The van der Waals surface area contributed by atoms with Crippen LogP contribution in [0.3, 0.4) is 0 Å². The van der Waals surface area contributed by atoms with Crippen LogP contribution in [-0.2, 0) is 22.4 Å². The quantitative estimate of drug-likeness (QED) is 0.210. The number of fused-ring (bicyclic) bond motifs is 1. The molecule has 2 heterocycles. The van der Waals surface area contributed by atoms with Crippen LogP contribution in [-0.4, -0.2) is 69.6 Å². The lowest BCUT2D eigenvalue weighted by Crippen LogP contribution is -2.39. The van der Waals surface area contributed by atoms with Crippen molar-refractivity contribution in [3.63, 3.8) is 0 Å². The highest BCUT2D eigenvalue weighted by Crippen LogP contribution is 2.28. The maximum atomic E-state index is 12.4. The smallest absolute Gasteiger partial charge is 0.290 e. The van der Waals surface area contributed by atoms with E-state index < -0.39 is 0 Å². The summed E-state index contributed by atoms with van der Waals surface area (Å²) in [4.78, 5) is 44.0. The first-order valence-corrected chi connectivity index (χ1v) is 14.5. The van der Waals surface area contributed by atoms with Crippen molar-refractivity contribution in [1.29, 1.82) is 0 Å². The Kier molecular flexibility index (Phi) is 12.2. The number of hydrogen-bond acceptors (Lipinski definition) is 7. The van der Waals surface area contributed by atoms with Crippen molar-refractivity contribution in [2.75, 3.05) is 25.4 Å². The highest BCUT2D eigenvalue weighted by Gasteiger charge is 2.24. The number of Topliss-reactive ketones (excluding diaryl/α,β-unsaturated/α-hetero) is 1. The molecule has 2 aliphatic rings. The summed E-state index contributed by atoms with van der Waals surface area (Å²) >= 11 is 1.39. The number of thioether (sulfide) groups is 1. The van der Waals surface area contributed by atoms with Crippen molar-refractivity contribution in [1.82, 2.24) is 20.2 Å². The Labute approximate surface area is 230 Å². The molecular weight excluding hydrogens is 500 g/mol. The van der Waals surface area contributed by atoms with E-state index in [0.717, 1.165) is 56.8 Å². The van der Waals surface area contributed by atoms with Crippen molar-refractivity contribution in [3.05, 3.63) is 53.3 Å². The van der Waals surface area contributed by atoms with Gasteiger partial charge in [0.2, 0.25) is 5.91 Å². The van der Waals surface area contributed by atoms with Gasteiger partial charge in [0.05, 0.1) is 5.75 Å². The Morgan fingerprint density at radius 2 is 1.76 bits per heavy atom. The zero-order chi connectivity index (χ0) is 27.3. The standard InChI is InChI=1S/C28H38N4O2S.CH2O2/c1-20(2)27(34)24-7-6-22-11-16-32(17-12-23(22)18-24)15-10-21-4-8-25(9-5-21)31-26(33)19-35-28-29-13-3-14-30-28;2-1-3/h3,6-7,13-14,18,20-21,25H,4-5,8-12,15-17,19H2,1-2H3,(H,31,33);1H,(H,2,3). The van der Waals surface area contributed by atoms with Gasteiger partial charge in [-0.3, -0.25) is 14.4 Å². The van der Waals surface area contributed by atoms with Gasteiger partial charge in [-0.05, 0) is 80.7 Å². The van der Waals surface area contributed by atoms with Crippen LogP contribution in [0.2, 0.25) is 0 Å². The second kappa shape index (κ2) is 15.6. The molecule has 1 aromatic heterocycles. The number of ketones is 1. The van der Waals surface area contributed by atoms with E-state index in [1.165, 1.54) is 42.2 Å². The van der Waals surface area contributed by atoms with Gasteiger partial charge in [0.15, 0.2) is 10.9 Å². The number of amides is 1. The van der Waals surface area contributed by atoms with E-state index in [0.29, 0.717) is 17.0 Å². The maximum absolute atomic E-state index is 12.4. The third-order valence-corrected chi connectivity index (χ3v) is 8.23. The van der Waals surface area contributed by atoms with E-state index in [1.54, 1.807) is 18.5 Å². The summed E-state index contributed by atoms with van der Waals surface area (Å²) in [7, 11) is 0. The predicted octanol–water partition coefficient (Wildman–Crippen LogP) is 4.27. The summed E-state index contributed by atoms with van der Waals surface area (Å²) in [5, 5.41) is 10.7. The van der Waals surface area contributed by atoms with Crippen molar-refractivity contribution in [3.8, 4) is 0 Å². The second-order valence-corrected chi connectivity index (χ2v) is 11.3. The highest BCUT2D eigenvalue weighted by atomic mass is 32.2. The molecule has 206 valence electrons. The van der Waals surface area contributed by atoms with Crippen LogP contribution < -0.4 is 5.32 Å². The molecule has 1 aliphatic heterocycles. The summed E-state index contributed by atoms with van der Waals surface area (Å²) < 4.78 is 0. The van der Waals surface area contributed by atoms with Crippen LogP contribution in [0.25, 0.3) is 0 Å². The molecule has 2 N–H and O–H groups in total. The molecule has 4 rings (SSSR count). The third-order valence-electron chi connectivity index (χ3n) is 7.35. The molecule has 1 fully saturated rings. The van der Waals surface area contributed by atoms with Crippen molar-refractivity contribution >= 4 is 29.9 Å². The fraction of sp³-hybridized carbons (Fsp3) is 0.552. The van der Waals surface area contributed by atoms with Gasteiger partial charge < -0.3 is 15.3 Å². The van der Waals surface area contributed by atoms with E-state index in [1.807, 2.05) is 19.9 Å². The van der Waals surface area contributed by atoms with E-state index in [-0.39, 0.29) is 24.1 Å². The molecule has 0 saturated heterocycles. The van der Waals surface area contributed by atoms with E-state index in [2.05, 4.69) is 32.3 Å². The van der Waals surface area contributed by atoms with E-state index in [4.69, 9.17) is 9.90 Å². The SMILES string of the molecule is CC(C)C(=O)c1ccc2c(c1)CCN(CCC1CCC(NC(=O)CSc3ncccn3)CC1)CC2.O=CO.